The Morgan fingerprint density at radius 2 is 1.86 bits per heavy atom. The van der Waals surface area contributed by atoms with Crippen LogP contribution >= 0.6 is 11.8 Å². The summed E-state index contributed by atoms with van der Waals surface area (Å²) in [6.45, 7) is 11.0. The summed E-state index contributed by atoms with van der Waals surface area (Å²) in [6, 6.07) is 5.77. The van der Waals surface area contributed by atoms with Crippen molar-refractivity contribution in [1.82, 2.24) is 0 Å². The molecule has 1 aromatic carbocycles. The highest BCUT2D eigenvalue weighted by atomic mass is 32.2. The first-order valence-electron chi connectivity index (χ1n) is 10.5. The minimum atomic E-state index is 0.613. The molecular weight excluding hydrogens is 364 g/mol. The molecule has 1 aliphatic rings. The average molecular weight is 403 g/mol. The number of ether oxygens (including phenoxy) is 1. The Balaban J connectivity index is 0.00000133. The smallest absolute Gasteiger partial charge is 0.153 e. The van der Waals surface area contributed by atoms with Crippen LogP contribution in [0.3, 0.4) is 0 Å². The van der Waals surface area contributed by atoms with Crippen LogP contribution in [0.1, 0.15) is 82.6 Å². The molecule has 0 amide bonds. The molecule has 0 atom stereocenters. The molecule has 0 bridgehead atoms. The van der Waals surface area contributed by atoms with Crippen molar-refractivity contribution < 1.29 is 9.53 Å². The van der Waals surface area contributed by atoms with E-state index in [9.17, 15) is 4.79 Å². The maximum Gasteiger partial charge on any atom is 0.153 e. The Morgan fingerprint density at radius 1 is 1.14 bits per heavy atom. The van der Waals surface area contributed by atoms with Crippen LogP contribution in [0, 0.1) is 0 Å². The van der Waals surface area contributed by atoms with E-state index in [-0.39, 0.29) is 0 Å². The third kappa shape index (κ3) is 9.98. The monoisotopic (exact) mass is 402 g/mol. The lowest BCUT2D eigenvalue weighted by atomic mass is 10.0. The van der Waals surface area contributed by atoms with Gasteiger partial charge in [-0.3, -0.25) is 4.79 Å². The van der Waals surface area contributed by atoms with Crippen LogP contribution < -0.4 is 4.74 Å². The van der Waals surface area contributed by atoms with E-state index in [1.807, 2.05) is 43.8 Å². The first kappa shape index (κ1) is 26.3. The second kappa shape index (κ2) is 17.4. The van der Waals surface area contributed by atoms with Crippen LogP contribution in [0.5, 0.6) is 5.75 Å². The van der Waals surface area contributed by atoms with Gasteiger partial charge in [-0.1, -0.05) is 77.8 Å². The lowest BCUT2D eigenvalue weighted by molar-refractivity contribution is 0.111. The molecule has 2 rings (SSSR count). The van der Waals surface area contributed by atoms with E-state index in [1.165, 1.54) is 16.9 Å². The molecule has 0 unspecified atom stereocenters. The van der Waals surface area contributed by atoms with Gasteiger partial charge >= 0.3 is 0 Å². The van der Waals surface area contributed by atoms with E-state index >= 15 is 0 Å². The Morgan fingerprint density at radius 3 is 2.46 bits per heavy atom. The molecule has 0 aromatic heterocycles. The van der Waals surface area contributed by atoms with Gasteiger partial charge in [0.15, 0.2) is 6.29 Å². The van der Waals surface area contributed by atoms with Gasteiger partial charge in [0.1, 0.15) is 5.75 Å². The van der Waals surface area contributed by atoms with Crippen molar-refractivity contribution >= 4 is 24.1 Å². The normalized spacial score (nSPS) is 12.8. The van der Waals surface area contributed by atoms with Crippen LogP contribution in [0.25, 0.3) is 6.08 Å². The van der Waals surface area contributed by atoms with E-state index in [0.29, 0.717) is 17.9 Å². The summed E-state index contributed by atoms with van der Waals surface area (Å²) < 4.78 is 5.67. The number of carbonyl (C=O) groups excluding carboxylic acids is 1. The number of hydrogen-bond acceptors (Lipinski definition) is 3. The van der Waals surface area contributed by atoms with E-state index in [0.717, 1.165) is 37.5 Å². The number of allylic oxidation sites excluding steroid dienone is 5. The van der Waals surface area contributed by atoms with Gasteiger partial charge in [-0.15, -0.1) is 11.8 Å². The lowest BCUT2D eigenvalue weighted by Gasteiger charge is -2.11. The van der Waals surface area contributed by atoms with Gasteiger partial charge in [0.2, 0.25) is 0 Å². The maximum atomic E-state index is 11.3. The maximum absolute atomic E-state index is 11.3. The minimum absolute atomic E-state index is 0.613. The highest BCUT2D eigenvalue weighted by molar-refractivity contribution is 8.02. The van der Waals surface area contributed by atoms with Gasteiger partial charge in [0.05, 0.1) is 12.2 Å². The van der Waals surface area contributed by atoms with Crippen molar-refractivity contribution in [2.24, 2.45) is 0 Å². The van der Waals surface area contributed by atoms with Gasteiger partial charge in [-0.2, -0.15) is 0 Å². The largest absolute Gasteiger partial charge is 0.493 e. The summed E-state index contributed by atoms with van der Waals surface area (Å²) in [5.41, 5.74) is 2.89. The summed E-state index contributed by atoms with van der Waals surface area (Å²) in [4.78, 5) is 12.7. The number of unbranched alkanes of at least 4 members (excludes halogenated alkanes) is 1. The summed E-state index contributed by atoms with van der Waals surface area (Å²) >= 11 is 1.81. The fourth-order valence-electron chi connectivity index (χ4n) is 2.44. The zero-order chi connectivity index (χ0) is 21.2. The van der Waals surface area contributed by atoms with Crippen LogP contribution in [-0.2, 0) is 0 Å². The Kier molecular flexibility index (Phi) is 16.3. The predicted octanol–water partition coefficient (Wildman–Crippen LogP) is 8.10. The number of carbonyl (C=O) groups is 1. The highest BCUT2D eigenvalue weighted by Gasteiger charge is 2.06. The lowest BCUT2D eigenvalue weighted by Crippen LogP contribution is -1.99. The van der Waals surface area contributed by atoms with Gasteiger partial charge < -0.3 is 4.74 Å². The predicted molar refractivity (Wildman–Crippen MR) is 127 cm³/mol. The molecule has 0 heterocycles. The van der Waals surface area contributed by atoms with E-state index in [4.69, 9.17) is 4.74 Å². The average Bonchev–Trinajstić information content (AvgIpc) is 2.75. The standard InChI is InChI=1S/C20H24O2S.C3H8.C2H6/c1-3-4-13-22-19-12-10-16(14-18(19)15-21)9-11-17-7-5-6-8-20(17)23-2;1-3-2;1-2/h5,7,9-12,14-15H,3-4,6,8,13H2,1-2H3;3H2,1-2H3;1-2H3/b11-9+;;. The summed E-state index contributed by atoms with van der Waals surface area (Å²) in [6.07, 6.45) is 17.1. The van der Waals surface area contributed by atoms with Crippen molar-refractivity contribution in [1.29, 1.82) is 0 Å². The Bertz CT molecular complexity index is 642. The SMILES string of the molecule is CC.CCC.CCCCOc1ccc(/C=C/C2=C(SC)CCC=C2)cc1C=O. The third-order valence-electron chi connectivity index (χ3n) is 3.78. The molecule has 0 radical (unpaired) electrons. The molecule has 2 nitrogen and oxygen atoms in total. The molecule has 156 valence electrons. The van der Waals surface area contributed by atoms with Gasteiger partial charge in [0.25, 0.3) is 0 Å². The summed E-state index contributed by atoms with van der Waals surface area (Å²) in [5, 5.41) is 0. The molecule has 0 saturated carbocycles. The van der Waals surface area contributed by atoms with Crippen LogP contribution in [0.2, 0.25) is 0 Å². The van der Waals surface area contributed by atoms with Crippen LogP contribution in [0.15, 0.2) is 46.9 Å². The van der Waals surface area contributed by atoms with E-state index in [2.05, 4.69) is 51.3 Å². The number of rotatable bonds is 8. The molecule has 3 heteroatoms. The quantitative estimate of drug-likeness (QED) is 0.324. The third-order valence-corrected chi connectivity index (χ3v) is 4.71. The molecule has 0 spiro atoms. The highest BCUT2D eigenvalue weighted by Crippen LogP contribution is 2.28. The number of benzene rings is 1. The minimum Gasteiger partial charge on any atom is -0.493 e. The fourth-order valence-corrected chi connectivity index (χ4v) is 3.13. The second-order valence-electron chi connectivity index (χ2n) is 6.18. The molecule has 0 aliphatic heterocycles. The number of aldehydes is 1. The van der Waals surface area contributed by atoms with Gasteiger partial charge in [0, 0.05) is 0 Å². The molecule has 1 aliphatic carbocycles. The first-order chi connectivity index (χ1) is 13.7. The number of thioether (sulfide) groups is 1. The van der Waals surface area contributed by atoms with Gasteiger partial charge in [-0.25, -0.2) is 0 Å². The Hall–Kier alpha value is -1.74. The summed E-state index contributed by atoms with van der Waals surface area (Å²) in [7, 11) is 0. The van der Waals surface area contributed by atoms with Crippen LogP contribution in [0.4, 0.5) is 0 Å². The van der Waals surface area contributed by atoms with Crippen molar-refractivity contribution in [3.63, 3.8) is 0 Å². The molecule has 0 saturated heterocycles. The Labute approximate surface area is 177 Å². The molecule has 0 N–H and O–H groups in total. The molecule has 1 aromatic rings. The second-order valence-corrected chi connectivity index (χ2v) is 7.08. The zero-order valence-electron chi connectivity index (χ0n) is 18.6. The molecule has 28 heavy (non-hydrogen) atoms. The first-order valence-corrected chi connectivity index (χ1v) is 11.8. The zero-order valence-corrected chi connectivity index (χ0v) is 19.4. The van der Waals surface area contributed by atoms with E-state index < -0.39 is 0 Å². The number of hydrogen-bond donors (Lipinski definition) is 0. The van der Waals surface area contributed by atoms with Crippen LogP contribution in [-0.4, -0.2) is 19.1 Å². The van der Waals surface area contributed by atoms with Crippen molar-refractivity contribution in [2.75, 3.05) is 12.9 Å². The van der Waals surface area contributed by atoms with Crippen molar-refractivity contribution in [2.45, 2.75) is 66.7 Å². The topological polar surface area (TPSA) is 26.3 Å². The summed E-state index contributed by atoms with van der Waals surface area (Å²) in [5.74, 6) is 0.673. The molecular formula is C25H38O2S. The van der Waals surface area contributed by atoms with E-state index in [1.54, 1.807) is 0 Å². The fraction of sp³-hybridized carbons (Fsp3) is 0.480. The van der Waals surface area contributed by atoms with Gasteiger partial charge in [-0.05, 0) is 53.7 Å². The van der Waals surface area contributed by atoms with Crippen molar-refractivity contribution in [3.8, 4) is 5.75 Å². The molecule has 0 fully saturated rings. The van der Waals surface area contributed by atoms with Crippen molar-refractivity contribution in [3.05, 3.63) is 58.0 Å².